The number of aromatic nitrogens is 2. The molecule has 0 bridgehead atoms. The molecule has 84 valence electrons. The average molecular weight is 263 g/mol. The fraction of sp³-hybridized carbons (Fsp3) is 0. The molecule has 0 amide bonds. The Balaban J connectivity index is 2.32. The van der Waals surface area contributed by atoms with E-state index in [2.05, 4.69) is 9.97 Å². The van der Waals surface area contributed by atoms with Crippen LogP contribution in [0.5, 0.6) is 0 Å². The number of benzene rings is 1. The standard InChI is InChI=1S/C12H7ClN2OS/c13-8-3-1-2-7(4-8)9-5-17-11-10(9)14-6-15-12(11)16/h1-6H,(H,14,15,16). The van der Waals surface area contributed by atoms with Crippen LogP contribution in [0.15, 0.2) is 40.8 Å². The van der Waals surface area contributed by atoms with Crippen molar-refractivity contribution in [1.29, 1.82) is 0 Å². The molecule has 0 atom stereocenters. The van der Waals surface area contributed by atoms with E-state index in [-0.39, 0.29) is 5.56 Å². The molecule has 0 fully saturated rings. The molecule has 1 aromatic carbocycles. The summed E-state index contributed by atoms with van der Waals surface area (Å²) in [6.07, 6.45) is 1.42. The molecule has 0 spiro atoms. The first kappa shape index (κ1) is 10.5. The van der Waals surface area contributed by atoms with Crippen LogP contribution in [0.2, 0.25) is 5.02 Å². The van der Waals surface area contributed by atoms with E-state index in [0.29, 0.717) is 9.72 Å². The third kappa shape index (κ3) is 1.75. The molecule has 2 aromatic heterocycles. The summed E-state index contributed by atoms with van der Waals surface area (Å²) >= 11 is 7.35. The zero-order valence-corrected chi connectivity index (χ0v) is 10.2. The van der Waals surface area contributed by atoms with E-state index in [1.165, 1.54) is 17.7 Å². The topological polar surface area (TPSA) is 45.8 Å². The van der Waals surface area contributed by atoms with E-state index < -0.39 is 0 Å². The summed E-state index contributed by atoms with van der Waals surface area (Å²) in [6, 6.07) is 7.52. The average Bonchev–Trinajstić information content (AvgIpc) is 2.74. The van der Waals surface area contributed by atoms with Gasteiger partial charge in [-0.1, -0.05) is 23.7 Å². The van der Waals surface area contributed by atoms with Gasteiger partial charge >= 0.3 is 0 Å². The van der Waals surface area contributed by atoms with Crippen LogP contribution in [0.1, 0.15) is 0 Å². The first-order valence-corrected chi connectivity index (χ1v) is 6.22. The van der Waals surface area contributed by atoms with E-state index >= 15 is 0 Å². The Kier molecular flexibility index (Phi) is 2.46. The van der Waals surface area contributed by atoms with Crippen LogP contribution in [0.3, 0.4) is 0 Å². The maximum atomic E-state index is 11.6. The van der Waals surface area contributed by atoms with Gasteiger partial charge < -0.3 is 4.98 Å². The van der Waals surface area contributed by atoms with Gasteiger partial charge in [-0.05, 0) is 17.7 Å². The summed E-state index contributed by atoms with van der Waals surface area (Å²) in [4.78, 5) is 18.4. The van der Waals surface area contributed by atoms with Gasteiger partial charge in [0.1, 0.15) is 4.70 Å². The van der Waals surface area contributed by atoms with Crippen LogP contribution >= 0.6 is 22.9 Å². The number of hydrogen-bond donors (Lipinski definition) is 1. The second-order valence-corrected chi connectivity index (χ2v) is 4.89. The summed E-state index contributed by atoms with van der Waals surface area (Å²) in [7, 11) is 0. The molecule has 5 heteroatoms. The number of rotatable bonds is 1. The lowest BCUT2D eigenvalue weighted by molar-refractivity contribution is 1.18. The van der Waals surface area contributed by atoms with Crippen LogP contribution < -0.4 is 5.56 Å². The van der Waals surface area contributed by atoms with Gasteiger partial charge in [-0.2, -0.15) is 0 Å². The Morgan fingerprint density at radius 1 is 1.35 bits per heavy atom. The van der Waals surface area contributed by atoms with Gasteiger partial charge in [0.05, 0.1) is 11.8 Å². The Labute approximate surface area is 106 Å². The fourth-order valence-corrected chi connectivity index (χ4v) is 2.84. The van der Waals surface area contributed by atoms with Crippen molar-refractivity contribution in [3.05, 3.63) is 51.3 Å². The summed E-state index contributed by atoms with van der Waals surface area (Å²) in [6.45, 7) is 0. The number of nitrogens with zero attached hydrogens (tertiary/aromatic N) is 1. The highest BCUT2D eigenvalue weighted by Gasteiger charge is 2.10. The van der Waals surface area contributed by atoms with Crippen molar-refractivity contribution in [2.75, 3.05) is 0 Å². The Morgan fingerprint density at radius 2 is 2.24 bits per heavy atom. The Morgan fingerprint density at radius 3 is 3.06 bits per heavy atom. The molecule has 3 nitrogen and oxygen atoms in total. The Hall–Kier alpha value is -1.65. The van der Waals surface area contributed by atoms with E-state index in [1.807, 2.05) is 29.6 Å². The molecule has 0 aliphatic carbocycles. The minimum absolute atomic E-state index is 0.103. The van der Waals surface area contributed by atoms with Crippen LogP contribution in [-0.4, -0.2) is 9.97 Å². The summed E-state index contributed by atoms with van der Waals surface area (Å²) in [5.41, 5.74) is 2.54. The van der Waals surface area contributed by atoms with Crippen LogP contribution in [-0.2, 0) is 0 Å². The lowest BCUT2D eigenvalue weighted by Crippen LogP contribution is -2.03. The van der Waals surface area contributed by atoms with Crippen LogP contribution in [0.25, 0.3) is 21.3 Å². The Bertz CT molecular complexity index is 747. The molecule has 0 aliphatic rings. The molecule has 3 rings (SSSR count). The lowest BCUT2D eigenvalue weighted by atomic mass is 10.1. The van der Waals surface area contributed by atoms with Gasteiger partial charge in [-0.25, -0.2) is 4.98 Å². The quantitative estimate of drug-likeness (QED) is 0.731. The number of thiophene rings is 1. The predicted octanol–water partition coefficient (Wildman–Crippen LogP) is 3.31. The SMILES string of the molecule is O=c1[nH]cnc2c(-c3cccc(Cl)c3)csc12. The minimum atomic E-state index is -0.103. The van der Waals surface area contributed by atoms with Crippen molar-refractivity contribution < 1.29 is 0 Å². The van der Waals surface area contributed by atoms with Crippen molar-refractivity contribution in [3.8, 4) is 11.1 Å². The smallest absolute Gasteiger partial charge is 0.268 e. The highest BCUT2D eigenvalue weighted by Crippen LogP contribution is 2.31. The largest absolute Gasteiger partial charge is 0.312 e. The zero-order valence-electron chi connectivity index (χ0n) is 8.61. The van der Waals surface area contributed by atoms with E-state index in [0.717, 1.165) is 16.6 Å². The fourth-order valence-electron chi connectivity index (χ4n) is 1.72. The van der Waals surface area contributed by atoms with Gasteiger partial charge in [-0.15, -0.1) is 11.3 Å². The van der Waals surface area contributed by atoms with Gasteiger partial charge in [0.2, 0.25) is 0 Å². The summed E-state index contributed by atoms with van der Waals surface area (Å²) < 4.78 is 0.641. The number of hydrogen-bond acceptors (Lipinski definition) is 3. The van der Waals surface area contributed by atoms with Gasteiger partial charge in [-0.3, -0.25) is 4.79 Å². The summed E-state index contributed by atoms with van der Waals surface area (Å²) in [5.74, 6) is 0. The summed E-state index contributed by atoms with van der Waals surface area (Å²) in [5, 5.41) is 2.60. The van der Waals surface area contributed by atoms with E-state index in [4.69, 9.17) is 11.6 Å². The molecule has 3 aromatic rings. The number of aromatic amines is 1. The second-order valence-electron chi connectivity index (χ2n) is 3.57. The molecule has 0 unspecified atom stereocenters. The molecule has 1 N–H and O–H groups in total. The molecule has 2 heterocycles. The zero-order chi connectivity index (χ0) is 11.8. The highest BCUT2D eigenvalue weighted by atomic mass is 35.5. The maximum absolute atomic E-state index is 11.6. The first-order chi connectivity index (χ1) is 8.25. The predicted molar refractivity (Wildman–Crippen MR) is 70.7 cm³/mol. The maximum Gasteiger partial charge on any atom is 0.268 e. The molecular formula is C12H7ClN2OS. The molecule has 0 aliphatic heterocycles. The normalized spacial score (nSPS) is 10.9. The number of halogens is 1. The van der Waals surface area contributed by atoms with E-state index in [9.17, 15) is 4.79 Å². The molecular weight excluding hydrogens is 256 g/mol. The van der Waals surface area contributed by atoms with Crippen LogP contribution in [0.4, 0.5) is 0 Å². The number of H-pyrrole nitrogens is 1. The monoisotopic (exact) mass is 262 g/mol. The number of fused-ring (bicyclic) bond motifs is 1. The van der Waals surface area contributed by atoms with Crippen molar-refractivity contribution in [3.63, 3.8) is 0 Å². The van der Waals surface area contributed by atoms with Crippen molar-refractivity contribution in [2.24, 2.45) is 0 Å². The van der Waals surface area contributed by atoms with Gasteiger partial charge in [0.25, 0.3) is 5.56 Å². The van der Waals surface area contributed by atoms with Crippen molar-refractivity contribution >= 4 is 33.2 Å². The van der Waals surface area contributed by atoms with Crippen molar-refractivity contribution in [1.82, 2.24) is 9.97 Å². The highest BCUT2D eigenvalue weighted by molar-refractivity contribution is 7.17. The van der Waals surface area contributed by atoms with Gasteiger partial charge in [0, 0.05) is 16.0 Å². The minimum Gasteiger partial charge on any atom is -0.312 e. The molecule has 0 saturated carbocycles. The van der Waals surface area contributed by atoms with E-state index in [1.54, 1.807) is 0 Å². The van der Waals surface area contributed by atoms with Crippen LogP contribution in [0, 0.1) is 0 Å². The molecule has 0 saturated heterocycles. The lowest BCUT2D eigenvalue weighted by Gasteiger charge is -1.99. The molecule has 0 radical (unpaired) electrons. The van der Waals surface area contributed by atoms with Gasteiger partial charge in [0.15, 0.2) is 0 Å². The number of nitrogens with one attached hydrogen (secondary N) is 1. The second kappa shape index (κ2) is 3.98. The third-order valence-corrected chi connectivity index (χ3v) is 3.70. The third-order valence-electron chi connectivity index (χ3n) is 2.50. The first-order valence-electron chi connectivity index (χ1n) is 4.96. The molecule has 17 heavy (non-hydrogen) atoms. The van der Waals surface area contributed by atoms with Crippen molar-refractivity contribution in [2.45, 2.75) is 0 Å².